The number of nitrogens with one attached hydrogen (secondary N) is 1. The Bertz CT molecular complexity index is 1310. The standard InChI is InChI=1S/C29H31NO2SSi/c1-23-19-21-26(22-20-23)33(31,32)30-28(24-13-7-4-8-14-24)29(25-15-9-5-10-16-25)34(2,3)27-17-11-6-12-18-27/h4-22,28-30H,1-3H3/t28-,29-/m0/s1. The van der Waals surface area contributed by atoms with Crippen molar-refractivity contribution in [3.63, 3.8) is 0 Å². The van der Waals surface area contributed by atoms with Gasteiger partial charge in [0.1, 0.15) is 0 Å². The summed E-state index contributed by atoms with van der Waals surface area (Å²) < 4.78 is 30.4. The quantitative estimate of drug-likeness (QED) is 0.313. The van der Waals surface area contributed by atoms with E-state index in [1.54, 1.807) is 12.1 Å². The Morgan fingerprint density at radius 2 is 1.12 bits per heavy atom. The summed E-state index contributed by atoms with van der Waals surface area (Å²) in [5, 5.41) is 1.29. The van der Waals surface area contributed by atoms with Crippen LogP contribution in [-0.4, -0.2) is 16.5 Å². The summed E-state index contributed by atoms with van der Waals surface area (Å²) in [5.41, 5.74) is 3.10. The van der Waals surface area contributed by atoms with Gasteiger partial charge in [-0.3, -0.25) is 0 Å². The highest BCUT2D eigenvalue weighted by molar-refractivity contribution is 7.89. The molecule has 0 saturated carbocycles. The highest BCUT2D eigenvalue weighted by Gasteiger charge is 2.42. The van der Waals surface area contributed by atoms with Gasteiger partial charge in [-0.2, -0.15) is 0 Å². The van der Waals surface area contributed by atoms with Crippen molar-refractivity contribution in [2.45, 2.75) is 36.5 Å². The molecular formula is C29H31NO2SSi. The molecule has 0 amide bonds. The first-order chi connectivity index (χ1) is 16.3. The number of rotatable bonds is 8. The molecule has 174 valence electrons. The van der Waals surface area contributed by atoms with E-state index in [2.05, 4.69) is 54.2 Å². The van der Waals surface area contributed by atoms with E-state index in [9.17, 15) is 8.42 Å². The molecular weight excluding hydrogens is 454 g/mol. The Labute approximate surface area is 204 Å². The van der Waals surface area contributed by atoms with Crippen LogP contribution < -0.4 is 9.91 Å². The van der Waals surface area contributed by atoms with Crippen LogP contribution in [0.1, 0.15) is 28.3 Å². The van der Waals surface area contributed by atoms with Gasteiger partial charge in [-0.1, -0.05) is 127 Å². The van der Waals surface area contributed by atoms with Crippen LogP contribution in [0, 0.1) is 6.92 Å². The Morgan fingerprint density at radius 1 is 0.647 bits per heavy atom. The molecule has 0 unspecified atom stereocenters. The van der Waals surface area contributed by atoms with E-state index in [0.717, 1.165) is 16.7 Å². The predicted molar refractivity (Wildman–Crippen MR) is 143 cm³/mol. The molecule has 0 heterocycles. The maximum atomic E-state index is 13.6. The van der Waals surface area contributed by atoms with Crippen molar-refractivity contribution in [2.75, 3.05) is 0 Å². The minimum Gasteiger partial charge on any atom is -0.207 e. The monoisotopic (exact) mass is 485 g/mol. The normalized spacial score (nSPS) is 13.9. The fourth-order valence-corrected chi connectivity index (χ4v) is 9.58. The van der Waals surface area contributed by atoms with Gasteiger partial charge in [0.25, 0.3) is 0 Å². The molecule has 1 N–H and O–H groups in total. The second kappa shape index (κ2) is 10.1. The zero-order valence-corrected chi connectivity index (χ0v) is 21.7. The lowest BCUT2D eigenvalue weighted by Gasteiger charge is -2.39. The molecule has 0 spiro atoms. The van der Waals surface area contributed by atoms with Crippen molar-refractivity contribution in [3.8, 4) is 0 Å². The van der Waals surface area contributed by atoms with Gasteiger partial charge in [0.2, 0.25) is 10.0 Å². The van der Waals surface area contributed by atoms with Gasteiger partial charge in [-0.15, -0.1) is 0 Å². The molecule has 4 aromatic rings. The Morgan fingerprint density at radius 3 is 1.65 bits per heavy atom. The molecule has 5 heteroatoms. The minimum absolute atomic E-state index is 0.0290. The lowest BCUT2D eigenvalue weighted by molar-refractivity contribution is 0.545. The third-order valence-corrected chi connectivity index (χ3v) is 12.1. The zero-order chi connectivity index (χ0) is 24.2. The molecule has 0 aliphatic heterocycles. The number of aryl methyl sites for hydroxylation is 1. The second-order valence-electron chi connectivity index (χ2n) is 9.30. The van der Waals surface area contributed by atoms with Gasteiger partial charge in [-0.25, -0.2) is 13.1 Å². The van der Waals surface area contributed by atoms with Crippen molar-refractivity contribution in [3.05, 3.63) is 132 Å². The van der Waals surface area contributed by atoms with E-state index in [0.29, 0.717) is 0 Å². The van der Waals surface area contributed by atoms with Crippen LogP contribution in [0.25, 0.3) is 0 Å². The second-order valence-corrected chi connectivity index (χ2v) is 15.7. The lowest BCUT2D eigenvalue weighted by Crippen LogP contribution is -2.52. The average molecular weight is 486 g/mol. The van der Waals surface area contributed by atoms with E-state index < -0.39 is 24.1 Å². The summed E-state index contributed by atoms with van der Waals surface area (Å²) in [6.45, 7) is 6.61. The number of benzene rings is 4. The Hall–Kier alpha value is -2.99. The largest absolute Gasteiger partial charge is 0.241 e. The summed E-state index contributed by atoms with van der Waals surface area (Å²) in [7, 11) is -5.98. The van der Waals surface area contributed by atoms with Gasteiger partial charge < -0.3 is 0 Å². The van der Waals surface area contributed by atoms with Crippen LogP contribution in [0.3, 0.4) is 0 Å². The summed E-state index contributed by atoms with van der Waals surface area (Å²) in [5.74, 6) is 0. The van der Waals surface area contributed by atoms with E-state index in [4.69, 9.17) is 0 Å². The topological polar surface area (TPSA) is 46.2 Å². The van der Waals surface area contributed by atoms with Gasteiger partial charge >= 0.3 is 0 Å². The zero-order valence-electron chi connectivity index (χ0n) is 19.8. The molecule has 4 aromatic carbocycles. The van der Waals surface area contributed by atoms with Gasteiger partial charge in [0.15, 0.2) is 0 Å². The Balaban J connectivity index is 1.88. The van der Waals surface area contributed by atoms with Crippen LogP contribution in [-0.2, 0) is 10.0 Å². The summed E-state index contributed by atoms with van der Waals surface area (Å²) in [6, 6.07) is 37.4. The predicted octanol–water partition coefficient (Wildman–Crippen LogP) is 5.95. The molecule has 34 heavy (non-hydrogen) atoms. The first kappa shape index (κ1) is 24.1. The average Bonchev–Trinajstić information content (AvgIpc) is 2.85. The molecule has 0 aliphatic rings. The molecule has 0 saturated heterocycles. The summed E-state index contributed by atoms with van der Waals surface area (Å²) >= 11 is 0. The molecule has 0 fully saturated rings. The first-order valence-corrected chi connectivity index (χ1v) is 16.1. The molecule has 4 rings (SSSR count). The third kappa shape index (κ3) is 5.22. The van der Waals surface area contributed by atoms with Crippen LogP contribution in [0.4, 0.5) is 0 Å². The van der Waals surface area contributed by atoms with Gasteiger partial charge in [-0.05, 0) is 30.2 Å². The SMILES string of the molecule is Cc1ccc(S(=O)(=O)N[C@@H](c2ccccc2)[C@H](c2ccccc2)[Si](C)(C)c2ccccc2)cc1. The lowest BCUT2D eigenvalue weighted by atomic mass is 9.99. The minimum atomic E-state index is -3.75. The number of sulfonamides is 1. The van der Waals surface area contributed by atoms with E-state index in [1.165, 1.54) is 5.19 Å². The summed E-state index contributed by atoms with van der Waals surface area (Å²) in [4.78, 5) is 0.282. The molecule has 3 nitrogen and oxygen atoms in total. The molecule has 0 aromatic heterocycles. The van der Waals surface area contributed by atoms with Crippen molar-refractivity contribution < 1.29 is 8.42 Å². The fourth-order valence-electron chi connectivity index (χ4n) is 4.67. The van der Waals surface area contributed by atoms with Crippen molar-refractivity contribution in [2.24, 2.45) is 0 Å². The molecule has 0 aliphatic carbocycles. The smallest absolute Gasteiger partial charge is 0.207 e. The van der Waals surface area contributed by atoms with E-state index in [-0.39, 0.29) is 10.4 Å². The first-order valence-electron chi connectivity index (χ1n) is 11.5. The van der Waals surface area contributed by atoms with E-state index in [1.807, 2.05) is 73.7 Å². The van der Waals surface area contributed by atoms with Gasteiger partial charge in [0.05, 0.1) is 19.0 Å². The molecule has 0 bridgehead atoms. The third-order valence-electron chi connectivity index (χ3n) is 6.56. The van der Waals surface area contributed by atoms with Crippen LogP contribution in [0.2, 0.25) is 13.1 Å². The highest BCUT2D eigenvalue weighted by atomic mass is 32.2. The van der Waals surface area contributed by atoms with Crippen molar-refractivity contribution >= 4 is 23.3 Å². The fraction of sp³-hybridized carbons (Fsp3) is 0.172. The van der Waals surface area contributed by atoms with Crippen LogP contribution in [0.15, 0.2) is 120 Å². The van der Waals surface area contributed by atoms with Crippen molar-refractivity contribution in [1.82, 2.24) is 4.72 Å². The number of hydrogen-bond acceptors (Lipinski definition) is 2. The van der Waals surface area contributed by atoms with Gasteiger partial charge in [0, 0.05) is 5.54 Å². The van der Waals surface area contributed by atoms with E-state index >= 15 is 0 Å². The maximum Gasteiger partial charge on any atom is 0.241 e. The molecule has 2 atom stereocenters. The van der Waals surface area contributed by atoms with Crippen LogP contribution in [0.5, 0.6) is 0 Å². The highest BCUT2D eigenvalue weighted by Crippen LogP contribution is 2.39. The summed E-state index contributed by atoms with van der Waals surface area (Å²) in [6.07, 6.45) is 0. The molecule has 0 radical (unpaired) electrons. The van der Waals surface area contributed by atoms with Crippen molar-refractivity contribution in [1.29, 1.82) is 0 Å². The number of hydrogen-bond donors (Lipinski definition) is 1. The maximum absolute atomic E-state index is 13.6. The van der Waals surface area contributed by atoms with Crippen LogP contribution >= 0.6 is 0 Å². The Kier molecular flexibility index (Phi) is 7.17.